The van der Waals surface area contributed by atoms with Gasteiger partial charge in [0.1, 0.15) is 23.5 Å². The zero-order valence-electron chi connectivity index (χ0n) is 26.2. The Morgan fingerprint density at radius 2 is 1.87 bits per heavy atom. The Labute approximate surface area is 268 Å². The number of halogens is 1. The molecule has 1 fully saturated rings. The van der Waals surface area contributed by atoms with Gasteiger partial charge in [-0.3, -0.25) is 4.79 Å². The summed E-state index contributed by atoms with van der Waals surface area (Å²) in [6.45, 7) is 13.5. The maximum absolute atomic E-state index is 12.9. The van der Waals surface area contributed by atoms with Gasteiger partial charge in [-0.05, 0) is 64.8 Å². The van der Waals surface area contributed by atoms with E-state index in [2.05, 4.69) is 37.8 Å². The van der Waals surface area contributed by atoms with Crippen molar-refractivity contribution in [2.45, 2.75) is 38.8 Å². The van der Waals surface area contributed by atoms with Crippen molar-refractivity contribution < 1.29 is 23.6 Å². The number of nitrogens with zero attached hydrogens (tertiary/aromatic N) is 3. The van der Waals surface area contributed by atoms with Crippen LogP contribution in [0.4, 0.5) is 39.3 Å². The zero-order chi connectivity index (χ0) is 32.9. The number of aromatic nitrogens is 2. The number of anilines is 6. The summed E-state index contributed by atoms with van der Waals surface area (Å²) in [6.07, 6.45) is 2.83. The van der Waals surface area contributed by atoms with Crippen LogP contribution in [0, 0.1) is 0 Å². The van der Waals surface area contributed by atoms with Gasteiger partial charge in [-0.2, -0.15) is 4.98 Å². The number of amides is 2. The second kappa shape index (κ2) is 13.8. The van der Waals surface area contributed by atoms with Crippen molar-refractivity contribution in [3.63, 3.8) is 0 Å². The molecule has 1 aliphatic rings. The summed E-state index contributed by atoms with van der Waals surface area (Å²) < 4.78 is 24.0. The van der Waals surface area contributed by atoms with Crippen LogP contribution in [0.25, 0.3) is 0 Å². The van der Waals surface area contributed by atoms with Gasteiger partial charge in [0.25, 0.3) is 0 Å². The third kappa shape index (κ3) is 8.89. The standard InChI is InChI=1S/C31H39ClN7O5P/c1-8-27(40)35-22-15-23(25(43-5)16-24(22)39-14-13-19(18-39)34-30(41)44-31(2,3)4)37-29-33-17-20(32)28(38-29)36-21-11-9-10-12-26(21)45(6,7)42/h8-12,15-17,19H,1,13-14,18H2,2-7H3,(H,34,41)(H,35,40)(H2,33,36,37,38). The van der Waals surface area contributed by atoms with Gasteiger partial charge < -0.3 is 40.2 Å². The molecule has 0 saturated carbocycles. The summed E-state index contributed by atoms with van der Waals surface area (Å²) in [5.74, 6) is 0.574. The highest BCUT2D eigenvalue weighted by Crippen LogP contribution is 2.41. The van der Waals surface area contributed by atoms with Crippen LogP contribution < -0.4 is 36.2 Å². The van der Waals surface area contributed by atoms with Crippen LogP contribution in [0.2, 0.25) is 5.02 Å². The number of para-hydroxylation sites is 1. The fourth-order valence-electron chi connectivity index (χ4n) is 4.76. The Morgan fingerprint density at radius 3 is 2.53 bits per heavy atom. The first-order valence-electron chi connectivity index (χ1n) is 14.3. The predicted molar refractivity (Wildman–Crippen MR) is 181 cm³/mol. The van der Waals surface area contributed by atoms with E-state index in [1.54, 1.807) is 31.5 Å². The Kier molecular flexibility index (Phi) is 10.3. The number of ether oxygens (including phenoxy) is 2. The van der Waals surface area contributed by atoms with Crippen LogP contribution in [0.1, 0.15) is 27.2 Å². The number of hydrogen-bond acceptors (Lipinski definition) is 10. The molecule has 1 aromatic heterocycles. The van der Waals surface area contributed by atoms with Crippen molar-refractivity contribution in [2.75, 3.05) is 54.4 Å². The number of carbonyl (C=O) groups is 2. The van der Waals surface area contributed by atoms with Gasteiger partial charge in [-0.15, -0.1) is 0 Å². The fourth-order valence-corrected chi connectivity index (χ4v) is 6.06. The van der Waals surface area contributed by atoms with E-state index >= 15 is 0 Å². The van der Waals surface area contributed by atoms with Gasteiger partial charge in [0.05, 0.1) is 42.1 Å². The van der Waals surface area contributed by atoms with Crippen molar-refractivity contribution in [3.05, 3.63) is 60.3 Å². The van der Waals surface area contributed by atoms with Crippen LogP contribution in [0.5, 0.6) is 5.75 Å². The minimum atomic E-state index is -2.59. The zero-order valence-corrected chi connectivity index (χ0v) is 27.9. The first-order chi connectivity index (χ1) is 21.2. The normalized spacial score (nSPS) is 14.8. The number of methoxy groups -OCH3 is 1. The number of rotatable bonds is 10. The molecule has 3 aromatic rings. The maximum atomic E-state index is 12.9. The molecule has 1 aliphatic heterocycles. The van der Waals surface area contributed by atoms with Crippen LogP contribution in [-0.4, -0.2) is 67.1 Å². The van der Waals surface area contributed by atoms with E-state index in [4.69, 9.17) is 21.1 Å². The molecule has 1 atom stereocenters. The maximum Gasteiger partial charge on any atom is 0.407 e. The Hall–Kier alpha value is -4.28. The topological polar surface area (TPSA) is 147 Å². The second-order valence-corrected chi connectivity index (χ2v) is 15.4. The van der Waals surface area contributed by atoms with Crippen LogP contribution in [0.3, 0.4) is 0 Å². The highest BCUT2D eigenvalue weighted by Gasteiger charge is 2.29. The molecule has 1 saturated heterocycles. The summed E-state index contributed by atoms with van der Waals surface area (Å²) in [5.41, 5.74) is 1.68. The quantitative estimate of drug-likeness (QED) is 0.149. The largest absolute Gasteiger partial charge is 0.494 e. The van der Waals surface area contributed by atoms with Gasteiger partial charge in [-0.25, -0.2) is 9.78 Å². The van der Waals surface area contributed by atoms with Crippen molar-refractivity contribution >= 4 is 70.6 Å². The highest BCUT2D eigenvalue weighted by molar-refractivity contribution is 7.70. The van der Waals surface area contributed by atoms with Gasteiger partial charge in [0.15, 0.2) is 5.82 Å². The Morgan fingerprint density at radius 1 is 1.13 bits per heavy atom. The third-order valence-corrected chi connectivity index (χ3v) is 8.57. The molecule has 0 spiro atoms. The molecule has 0 radical (unpaired) electrons. The van der Waals surface area contributed by atoms with E-state index in [-0.39, 0.29) is 17.0 Å². The molecular weight excluding hydrogens is 617 g/mol. The summed E-state index contributed by atoms with van der Waals surface area (Å²) in [7, 11) is -1.06. The lowest BCUT2D eigenvalue weighted by Gasteiger charge is -2.25. The number of carbonyl (C=O) groups excluding carboxylic acids is 2. The van der Waals surface area contributed by atoms with Crippen molar-refractivity contribution in [3.8, 4) is 5.75 Å². The van der Waals surface area contributed by atoms with Crippen molar-refractivity contribution in [1.82, 2.24) is 15.3 Å². The molecule has 1 unspecified atom stereocenters. The summed E-state index contributed by atoms with van der Waals surface area (Å²) in [6, 6.07) is 10.6. The van der Waals surface area contributed by atoms with Gasteiger partial charge in [0.2, 0.25) is 11.9 Å². The van der Waals surface area contributed by atoms with E-state index in [1.165, 1.54) is 19.4 Å². The lowest BCUT2D eigenvalue weighted by Crippen LogP contribution is -2.40. The van der Waals surface area contributed by atoms with E-state index in [0.29, 0.717) is 59.1 Å². The van der Waals surface area contributed by atoms with Crippen LogP contribution >= 0.6 is 18.7 Å². The molecule has 4 N–H and O–H groups in total. The molecule has 2 aromatic carbocycles. The summed E-state index contributed by atoms with van der Waals surface area (Å²) in [4.78, 5) is 35.7. The third-order valence-electron chi connectivity index (χ3n) is 6.74. The van der Waals surface area contributed by atoms with Crippen molar-refractivity contribution in [2.24, 2.45) is 0 Å². The SMILES string of the molecule is C=CC(=O)Nc1cc(Nc2ncc(Cl)c(Nc3ccccc3P(C)(C)=O)n2)c(OC)cc1N1CCC(NC(=O)OC(C)(C)C)C1. The highest BCUT2D eigenvalue weighted by atomic mass is 35.5. The molecule has 12 nitrogen and oxygen atoms in total. The molecule has 0 bridgehead atoms. The van der Waals surface area contributed by atoms with Crippen LogP contribution in [0.15, 0.2) is 55.3 Å². The lowest BCUT2D eigenvalue weighted by molar-refractivity contribution is -0.111. The molecule has 4 rings (SSSR count). The average molecular weight is 656 g/mol. The molecule has 14 heteroatoms. The Bertz CT molecular complexity index is 1640. The summed E-state index contributed by atoms with van der Waals surface area (Å²) in [5, 5.41) is 13.1. The average Bonchev–Trinajstić information content (AvgIpc) is 3.41. The summed E-state index contributed by atoms with van der Waals surface area (Å²) >= 11 is 6.44. The van der Waals surface area contributed by atoms with E-state index < -0.39 is 24.7 Å². The predicted octanol–water partition coefficient (Wildman–Crippen LogP) is 6.10. The minimum Gasteiger partial charge on any atom is -0.494 e. The molecule has 2 amide bonds. The lowest BCUT2D eigenvalue weighted by atomic mass is 10.2. The van der Waals surface area contributed by atoms with Crippen molar-refractivity contribution in [1.29, 1.82) is 0 Å². The molecular formula is C31H39ClN7O5P. The number of alkyl carbamates (subject to hydrolysis) is 1. The molecule has 45 heavy (non-hydrogen) atoms. The van der Waals surface area contributed by atoms with E-state index in [9.17, 15) is 14.2 Å². The Balaban J connectivity index is 1.62. The first-order valence-corrected chi connectivity index (χ1v) is 17.3. The fraction of sp³-hybridized carbons (Fsp3) is 0.355. The van der Waals surface area contributed by atoms with Gasteiger partial charge in [-0.1, -0.05) is 30.3 Å². The first kappa shape index (κ1) is 33.6. The molecule has 0 aliphatic carbocycles. The number of hydrogen-bond donors (Lipinski definition) is 4. The van der Waals surface area contributed by atoms with Gasteiger partial charge in [0, 0.05) is 24.5 Å². The second-order valence-electron chi connectivity index (χ2n) is 11.8. The number of benzene rings is 2. The molecule has 2 heterocycles. The monoisotopic (exact) mass is 655 g/mol. The molecule has 240 valence electrons. The van der Waals surface area contributed by atoms with E-state index in [0.717, 1.165) is 0 Å². The smallest absolute Gasteiger partial charge is 0.407 e. The number of nitrogens with one attached hydrogen (secondary N) is 4. The van der Waals surface area contributed by atoms with Gasteiger partial charge >= 0.3 is 6.09 Å². The van der Waals surface area contributed by atoms with Crippen LogP contribution in [-0.2, 0) is 14.1 Å². The van der Waals surface area contributed by atoms with E-state index in [1.807, 2.05) is 43.9 Å². The minimum absolute atomic E-state index is 0.153.